The van der Waals surface area contributed by atoms with E-state index < -0.39 is 0 Å². The van der Waals surface area contributed by atoms with Gasteiger partial charge in [-0.15, -0.1) is 0 Å². The first-order chi connectivity index (χ1) is 8.27. The first-order valence-corrected chi connectivity index (χ1v) is 7.95. The molecule has 0 aliphatic carbocycles. The second-order valence-corrected chi connectivity index (χ2v) is 5.92. The van der Waals surface area contributed by atoms with E-state index >= 15 is 0 Å². The van der Waals surface area contributed by atoms with E-state index in [1.54, 1.807) is 0 Å². The van der Waals surface area contributed by atoms with E-state index in [4.69, 9.17) is 17.0 Å². The number of hydrogen-bond donors (Lipinski definition) is 1. The maximum Gasteiger partial charge on any atom is 0.168 e. The van der Waals surface area contributed by atoms with Crippen molar-refractivity contribution in [3.8, 4) is 0 Å². The molecule has 17 heavy (non-hydrogen) atoms. The van der Waals surface area contributed by atoms with Crippen molar-refractivity contribution in [3.05, 3.63) is 0 Å². The average Bonchev–Trinajstić information content (AvgIpc) is 2.38. The molecule has 0 saturated carbocycles. The Morgan fingerprint density at radius 2 is 2.35 bits per heavy atom. The second-order valence-electron chi connectivity index (χ2n) is 4.13. The highest BCUT2D eigenvalue weighted by molar-refractivity contribution is 8.00. The van der Waals surface area contributed by atoms with Crippen molar-refractivity contribution in [1.29, 1.82) is 0 Å². The lowest BCUT2D eigenvalue weighted by molar-refractivity contribution is 0.145. The molecule has 1 aliphatic heterocycles. The topological polar surface area (TPSA) is 24.5 Å². The third kappa shape index (κ3) is 5.93. The van der Waals surface area contributed by atoms with Crippen molar-refractivity contribution in [2.75, 3.05) is 38.6 Å². The van der Waals surface area contributed by atoms with E-state index in [9.17, 15) is 0 Å². The Morgan fingerprint density at radius 1 is 1.53 bits per heavy atom. The first kappa shape index (κ1) is 15.1. The van der Waals surface area contributed by atoms with Crippen LogP contribution < -0.4 is 5.32 Å². The van der Waals surface area contributed by atoms with Gasteiger partial charge in [-0.2, -0.15) is 11.8 Å². The van der Waals surface area contributed by atoms with E-state index in [2.05, 4.69) is 28.9 Å². The normalized spacial score (nSPS) is 20.4. The molecule has 1 rings (SSSR count). The molecule has 5 heteroatoms. The molecule has 100 valence electrons. The molecule has 0 aromatic rings. The summed E-state index contributed by atoms with van der Waals surface area (Å²) in [6.45, 7) is 8.98. The standard InChI is InChI=1S/C12H24N2OS2/c1-3-11-10-14(7-9-17-11)12(16)13-6-5-8-15-4-2/h11H,3-10H2,1-2H3,(H,13,16). The summed E-state index contributed by atoms with van der Waals surface area (Å²) in [5.74, 6) is 1.19. The number of thiocarbonyl (C=S) groups is 1. The largest absolute Gasteiger partial charge is 0.382 e. The molecule has 0 amide bonds. The first-order valence-electron chi connectivity index (χ1n) is 6.50. The molecule has 1 fully saturated rings. The molecule has 3 nitrogen and oxygen atoms in total. The molecule has 0 radical (unpaired) electrons. The number of ether oxygens (including phenoxy) is 1. The van der Waals surface area contributed by atoms with Crippen molar-refractivity contribution in [3.63, 3.8) is 0 Å². The summed E-state index contributed by atoms with van der Waals surface area (Å²) in [4.78, 5) is 2.31. The fraction of sp³-hybridized carbons (Fsp3) is 0.917. The minimum absolute atomic E-state index is 0.743. The molecule has 1 heterocycles. The zero-order chi connectivity index (χ0) is 12.5. The van der Waals surface area contributed by atoms with Crippen LogP contribution in [0.5, 0.6) is 0 Å². The van der Waals surface area contributed by atoms with Crippen LogP contribution in [0.3, 0.4) is 0 Å². The van der Waals surface area contributed by atoms with Crippen molar-refractivity contribution >= 4 is 29.1 Å². The summed E-state index contributed by atoms with van der Waals surface area (Å²) in [6.07, 6.45) is 2.25. The predicted molar refractivity (Wildman–Crippen MR) is 79.8 cm³/mol. The van der Waals surface area contributed by atoms with Crippen LogP contribution in [-0.2, 0) is 4.74 Å². The molecule has 1 saturated heterocycles. The minimum atomic E-state index is 0.743. The van der Waals surface area contributed by atoms with Gasteiger partial charge in [0, 0.05) is 43.9 Å². The smallest absolute Gasteiger partial charge is 0.168 e. The lowest BCUT2D eigenvalue weighted by Gasteiger charge is -2.33. The van der Waals surface area contributed by atoms with Crippen LogP contribution in [-0.4, -0.2) is 53.9 Å². The zero-order valence-corrected chi connectivity index (χ0v) is 12.5. The Bertz CT molecular complexity index is 227. The quantitative estimate of drug-likeness (QED) is 0.592. The third-order valence-corrected chi connectivity index (χ3v) is 4.60. The van der Waals surface area contributed by atoms with E-state index in [-0.39, 0.29) is 0 Å². The maximum atomic E-state index is 5.42. The van der Waals surface area contributed by atoms with Crippen LogP contribution in [0.4, 0.5) is 0 Å². The van der Waals surface area contributed by atoms with Crippen LogP contribution >= 0.6 is 24.0 Å². The number of thioether (sulfide) groups is 1. The Balaban J connectivity index is 2.14. The van der Waals surface area contributed by atoms with Gasteiger partial charge in [0.1, 0.15) is 0 Å². The van der Waals surface area contributed by atoms with Gasteiger partial charge in [-0.05, 0) is 32.0 Å². The second kappa shape index (κ2) is 9.00. The fourth-order valence-corrected chi connectivity index (χ4v) is 3.22. The third-order valence-electron chi connectivity index (χ3n) is 2.83. The Kier molecular flexibility index (Phi) is 7.97. The molecular formula is C12H24N2OS2. The highest BCUT2D eigenvalue weighted by Gasteiger charge is 2.20. The molecular weight excluding hydrogens is 252 g/mol. The van der Waals surface area contributed by atoms with Crippen molar-refractivity contribution in [1.82, 2.24) is 10.2 Å². The predicted octanol–water partition coefficient (Wildman–Crippen LogP) is 2.11. The molecule has 0 aromatic heterocycles. The molecule has 0 bridgehead atoms. The minimum Gasteiger partial charge on any atom is -0.382 e. The summed E-state index contributed by atoms with van der Waals surface area (Å²) in [5.41, 5.74) is 0. The summed E-state index contributed by atoms with van der Waals surface area (Å²) in [6, 6.07) is 0. The van der Waals surface area contributed by atoms with Gasteiger partial charge in [0.2, 0.25) is 0 Å². The number of rotatable bonds is 6. The van der Waals surface area contributed by atoms with Crippen molar-refractivity contribution in [2.45, 2.75) is 31.9 Å². The highest BCUT2D eigenvalue weighted by atomic mass is 32.2. The Morgan fingerprint density at radius 3 is 3.06 bits per heavy atom. The van der Waals surface area contributed by atoms with Gasteiger partial charge in [0.15, 0.2) is 5.11 Å². The lowest BCUT2D eigenvalue weighted by Crippen LogP contribution is -2.47. The highest BCUT2D eigenvalue weighted by Crippen LogP contribution is 2.20. The summed E-state index contributed by atoms with van der Waals surface area (Å²) < 4.78 is 5.30. The van der Waals surface area contributed by atoms with Gasteiger partial charge < -0.3 is 15.0 Å². The van der Waals surface area contributed by atoms with E-state index in [0.29, 0.717) is 0 Å². The number of hydrogen-bond acceptors (Lipinski definition) is 3. The van der Waals surface area contributed by atoms with Gasteiger partial charge in [-0.3, -0.25) is 0 Å². The molecule has 1 atom stereocenters. The summed E-state index contributed by atoms with van der Waals surface area (Å²) in [5, 5.41) is 4.98. The van der Waals surface area contributed by atoms with Gasteiger partial charge in [0.05, 0.1) is 0 Å². The average molecular weight is 276 g/mol. The van der Waals surface area contributed by atoms with E-state index in [1.807, 2.05) is 6.92 Å². The van der Waals surface area contributed by atoms with Gasteiger partial charge in [-0.1, -0.05) is 6.92 Å². The van der Waals surface area contributed by atoms with Gasteiger partial charge >= 0.3 is 0 Å². The van der Waals surface area contributed by atoms with Crippen molar-refractivity contribution in [2.24, 2.45) is 0 Å². The molecule has 1 N–H and O–H groups in total. The summed E-state index contributed by atoms with van der Waals surface area (Å²) in [7, 11) is 0. The lowest BCUT2D eigenvalue weighted by atomic mass is 10.3. The zero-order valence-electron chi connectivity index (χ0n) is 10.9. The van der Waals surface area contributed by atoms with Crippen LogP contribution in [0, 0.1) is 0 Å². The van der Waals surface area contributed by atoms with Crippen LogP contribution in [0.15, 0.2) is 0 Å². The number of nitrogens with one attached hydrogen (secondary N) is 1. The van der Waals surface area contributed by atoms with Gasteiger partial charge in [-0.25, -0.2) is 0 Å². The maximum absolute atomic E-state index is 5.42. The molecule has 0 aromatic carbocycles. The Labute approximate surface area is 115 Å². The van der Waals surface area contributed by atoms with Gasteiger partial charge in [0.25, 0.3) is 0 Å². The SMILES string of the molecule is CCOCCCNC(=S)N1CCSC(CC)C1. The number of nitrogens with zero attached hydrogens (tertiary/aromatic N) is 1. The molecule has 1 unspecified atom stereocenters. The Hall–Kier alpha value is 0. The van der Waals surface area contributed by atoms with Crippen LogP contribution in [0.2, 0.25) is 0 Å². The van der Waals surface area contributed by atoms with Crippen molar-refractivity contribution < 1.29 is 4.74 Å². The van der Waals surface area contributed by atoms with Crippen LogP contribution in [0.1, 0.15) is 26.7 Å². The van der Waals surface area contributed by atoms with Crippen LogP contribution in [0.25, 0.3) is 0 Å². The molecule has 1 aliphatic rings. The van der Waals surface area contributed by atoms with E-state index in [0.717, 1.165) is 49.6 Å². The molecule has 0 spiro atoms. The summed E-state index contributed by atoms with van der Waals surface area (Å²) >= 11 is 7.49. The fourth-order valence-electron chi connectivity index (χ4n) is 1.78. The monoisotopic (exact) mass is 276 g/mol. The van der Waals surface area contributed by atoms with E-state index in [1.165, 1.54) is 12.2 Å².